The van der Waals surface area contributed by atoms with Crippen LogP contribution in [0.1, 0.15) is 15.9 Å². The van der Waals surface area contributed by atoms with Gasteiger partial charge in [0.05, 0.1) is 5.70 Å². The van der Waals surface area contributed by atoms with E-state index in [0.29, 0.717) is 11.1 Å². The van der Waals surface area contributed by atoms with Gasteiger partial charge in [0.15, 0.2) is 0 Å². The fourth-order valence-corrected chi connectivity index (χ4v) is 3.19. The maximum Gasteiger partial charge on any atom is 0.313 e. The van der Waals surface area contributed by atoms with Crippen molar-refractivity contribution in [2.75, 3.05) is 0 Å². The smallest absolute Gasteiger partial charge is 0.313 e. The number of fused-ring (bicyclic) bond motifs is 4. The molecule has 0 aliphatic heterocycles. The van der Waals surface area contributed by atoms with Crippen molar-refractivity contribution in [3.05, 3.63) is 75.5 Å². The zero-order valence-corrected chi connectivity index (χ0v) is 12.0. The lowest BCUT2D eigenvalue weighted by molar-refractivity contribution is -0.495. The molecular weight excluding hydrogens is 292 g/mol. The number of carbonyl (C=O) groups is 1. The number of rotatable bonds is 1. The van der Waals surface area contributed by atoms with E-state index in [1.54, 1.807) is 6.07 Å². The lowest BCUT2D eigenvalue weighted by atomic mass is 9.86. The molecule has 1 aliphatic rings. The first-order valence-corrected chi connectivity index (χ1v) is 7.16. The quantitative estimate of drug-likeness (QED) is 0.425. The van der Waals surface area contributed by atoms with Crippen molar-refractivity contribution in [1.82, 2.24) is 0 Å². The van der Waals surface area contributed by atoms with Gasteiger partial charge in [-0.1, -0.05) is 36.4 Å². The van der Waals surface area contributed by atoms with Crippen LogP contribution < -0.4 is 5.73 Å². The van der Waals surface area contributed by atoms with E-state index in [4.69, 9.17) is 5.73 Å². The van der Waals surface area contributed by atoms with Gasteiger partial charge in [0.1, 0.15) is 0 Å². The zero-order valence-electron chi connectivity index (χ0n) is 12.0. The fraction of sp³-hybridized carbons (Fsp3) is 0.0556. The largest absolute Gasteiger partial charge is 0.396 e. The monoisotopic (exact) mass is 304 g/mol. The molecule has 0 saturated carbocycles. The topological polar surface area (TPSA) is 86.2 Å². The molecule has 0 spiro atoms. The molecule has 5 heteroatoms. The molecule has 1 unspecified atom stereocenters. The third-order valence-electron chi connectivity index (χ3n) is 4.26. The van der Waals surface area contributed by atoms with Crippen LogP contribution in [0.2, 0.25) is 0 Å². The molecule has 23 heavy (non-hydrogen) atoms. The lowest BCUT2D eigenvalue weighted by Gasteiger charge is -2.18. The molecular formula is C18H12N2O3. The summed E-state index contributed by atoms with van der Waals surface area (Å²) in [6.07, 6.45) is 1.53. The summed E-state index contributed by atoms with van der Waals surface area (Å²) in [5, 5.41) is 14.8. The Morgan fingerprint density at radius 2 is 1.70 bits per heavy atom. The minimum atomic E-state index is -1.50. The van der Waals surface area contributed by atoms with Crippen molar-refractivity contribution >= 4 is 33.4 Å². The van der Waals surface area contributed by atoms with E-state index in [-0.39, 0.29) is 5.70 Å². The predicted molar refractivity (Wildman–Crippen MR) is 88.7 cm³/mol. The van der Waals surface area contributed by atoms with Crippen LogP contribution in [0.15, 0.2) is 54.2 Å². The zero-order chi connectivity index (χ0) is 16.1. The van der Waals surface area contributed by atoms with Crippen LogP contribution in [0.3, 0.4) is 0 Å². The highest BCUT2D eigenvalue weighted by molar-refractivity contribution is 6.17. The Balaban J connectivity index is 2.09. The van der Waals surface area contributed by atoms with Crippen LogP contribution in [0.4, 0.5) is 0 Å². The summed E-state index contributed by atoms with van der Waals surface area (Å²) in [7, 11) is 0. The van der Waals surface area contributed by atoms with E-state index in [1.165, 1.54) is 6.08 Å². The molecule has 3 aromatic carbocycles. The first-order valence-electron chi connectivity index (χ1n) is 7.16. The van der Waals surface area contributed by atoms with Crippen molar-refractivity contribution in [1.29, 1.82) is 0 Å². The summed E-state index contributed by atoms with van der Waals surface area (Å²) >= 11 is 0. The van der Waals surface area contributed by atoms with E-state index < -0.39 is 16.7 Å². The summed E-state index contributed by atoms with van der Waals surface area (Å²) in [4.78, 5) is 23.2. The molecule has 1 aliphatic carbocycles. The minimum Gasteiger partial charge on any atom is -0.396 e. The van der Waals surface area contributed by atoms with Gasteiger partial charge in [0.2, 0.25) is 5.78 Å². The number of benzene rings is 3. The summed E-state index contributed by atoms with van der Waals surface area (Å²) in [6, 6.07) is 13.9. The highest BCUT2D eigenvalue weighted by Gasteiger charge is 2.38. The number of nitrogens with two attached hydrogens (primary N) is 1. The number of hydrogen-bond donors (Lipinski definition) is 1. The van der Waals surface area contributed by atoms with Crippen molar-refractivity contribution in [3.8, 4) is 0 Å². The predicted octanol–water partition coefficient (Wildman–Crippen LogP) is 3.13. The Hall–Kier alpha value is -3.21. The van der Waals surface area contributed by atoms with E-state index in [9.17, 15) is 14.9 Å². The Bertz CT molecular complexity index is 1040. The van der Waals surface area contributed by atoms with Gasteiger partial charge < -0.3 is 5.73 Å². The molecule has 112 valence electrons. The van der Waals surface area contributed by atoms with Crippen molar-refractivity contribution < 1.29 is 9.72 Å². The Morgan fingerprint density at radius 3 is 2.39 bits per heavy atom. The number of Topliss-reactive ketones (excluding diaryl/α,β-unsaturated/α-hetero) is 1. The van der Waals surface area contributed by atoms with Crippen LogP contribution in [0.25, 0.3) is 27.6 Å². The van der Waals surface area contributed by atoms with Gasteiger partial charge in [0.25, 0.3) is 0 Å². The highest BCUT2D eigenvalue weighted by Crippen LogP contribution is 2.32. The van der Waals surface area contributed by atoms with Crippen molar-refractivity contribution in [2.45, 2.75) is 6.04 Å². The third kappa shape index (κ3) is 1.90. The van der Waals surface area contributed by atoms with Crippen molar-refractivity contribution in [2.24, 2.45) is 5.73 Å². The lowest BCUT2D eigenvalue weighted by Crippen LogP contribution is -2.37. The van der Waals surface area contributed by atoms with Gasteiger partial charge in [0, 0.05) is 10.5 Å². The summed E-state index contributed by atoms with van der Waals surface area (Å²) in [6.45, 7) is 0. The average Bonchev–Trinajstić information content (AvgIpc) is 2.52. The second-order valence-electron chi connectivity index (χ2n) is 5.65. The fourth-order valence-electron chi connectivity index (χ4n) is 3.19. The molecule has 0 saturated heterocycles. The van der Waals surface area contributed by atoms with E-state index >= 15 is 0 Å². The SMILES string of the molecule is NC1=Cc2ccc3cc4ccccc4cc3c2C(=O)C1[N+](=O)[O-]. The van der Waals surface area contributed by atoms with Gasteiger partial charge in [-0.3, -0.25) is 14.9 Å². The Labute approximate surface area is 131 Å². The second kappa shape index (κ2) is 4.64. The maximum atomic E-state index is 12.7. The standard InChI is InChI=1S/C18H12N2O3/c19-15-9-13-6-5-12-7-10-3-1-2-4-11(10)8-14(12)16(13)18(21)17(15)20(22)23/h1-9,17H,19H2. The normalized spacial score (nSPS) is 17.1. The molecule has 2 N–H and O–H groups in total. The summed E-state index contributed by atoms with van der Waals surface area (Å²) in [5.41, 5.74) is 6.71. The van der Waals surface area contributed by atoms with Crippen LogP contribution in [-0.2, 0) is 0 Å². The number of carbonyl (C=O) groups excluding carboxylic acids is 1. The van der Waals surface area contributed by atoms with E-state index in [2.05, 4.69) is 0 Å². The average molecular weight is 304 g/mol. The maximum absolute atomic E-state index is 12.7. The molecule has 0 amide bonds. The van der Waals surface area contributed by atoms with Crippen LogP contribution >= 0.6 is 0 Å². The number of hydrogen-bond acceptors (Lipinski definition) is 4. The molecule has 0 fully saturated rings. The Kier molecular flexibility index (Phi) is 2.72. The molecule has 5 nitrogen and oxygen atoms in total. The molecule has 3 aromatic rings. The molecule has 0 radical (unpaired) electrons. The highest BCUT2D eigenvalue weighted by atomic mass is 16.6. The summed E-state index contributed by atoms with van der Waals surface area (Å²) < 4.78 is 0. The number of nitro groups is 1. The molecule has 1 atom stereocenters. The van der Waals surface area contributed by atoms with Gasteiger partial charge in [-0.15, -0.1) is 0 Å². The van der Waals surface area contributed by atoms with Gasteiger partial charge in [-0.25, -0.2) is 0 Å². The van der Waals surface area contributed by atoms with Crippen molar-refractivity contribution in [3.63, 3.8) is 0 Å². The van der Waals surface area contributed by atoms with E-state index in [1.807, 2.05) is 42.5 Å². The Morgan fingerprint density at radius 1 is 1.00 bits per heavy atom. The first-order chi connectivity index (χ1) is 11.1. The van der Waals surface area contributed by atoms with Gasteiger partial charge >= 0.3 is 6.04 Å². The minimum absolute atomic E-state index is 0.0207. The number of ketones is 1. The number of nitrogens with zero attached hydrogens (tertiary/aromatic N) is 1. The molecule has 0 aromatic heterocycles. The third-order valence-corrected chi connectivity index (χ3v) is 4.26. The molecule has 0 heterocycles. The van der Waals surface area contributed by atoms with Crippen LogP contribution in [0, 0.1) is 10.1 Å². The second-order valence-corrected chi connectivity index (χ2v) is 5.65. The van der Waals surface area contributed by atoms with E-state index in [0.717, 1.165) is 21.5 Å². The summed E-state index contributed by atoms with van der Waals surface area (Å²) in [5.74, 6) is -0.550. The van der Waals surface area contributed by atoms with Crippen LogP contribution in [-0.4, -0.2) is 16.7 Å². The molecule has 4 rings (SSSR count). The molecule has 0 bridgehead atoms. The first kappa shape index (κ1) is 13.5. The van der Waals surface area contributed by atoms with Crippen LogP contribution in [0.5, 0.6) is 0 Å². The van der Waals surface area contributed by atoms with Gasteiger partial charge in [-0.05, 0) is 45.3 Å². The van der Waals surface area contributed by atoms with Gasteiger partial charge in [-0.2, -0.15) is 0 Å².